The van der Waals surface area contributed by atoms with Crippen molar-refractivity contribution in [3.05, 3.63) is 32.9 Å². The topological polar surface area (TPSA) is 62.3 Å². The van der Waals surface area contributed by atoms with Crippen molar-refractivity contribution < 1.29 is 14.3 Å². The number of aromatic carboxylic acids is 1. The van der Waals surface area contributed by atoms with Crippen LogP contribution in [-0.2, 0) is 10.8 Å². The molecule has 2 N–H and O–H groups in total. The van der Waals surface area contributed by atoms with E-state index in [-0.39, 0.29) is 10.7 Å². The van der Waals surface area contributed by atoms with E-state index in [0.29, 0.717) is 22.5 Å². The summed E-state index contributed by atoms with van der Waals surface area (Å²) in [5, 5.41) is 11.1. The summed E-state index contributed by atoms with van der Waals surface area (Å²) in [5.41, 5.74) is 1.76. The van der Waals surface area contributed by atoms with E-state index in [1.54, 1.807) is 6.07 Å². The van der Waals surface area contributed by atoms with Crippen molar-refractivity contribution in [1.29, 1.82) is 0 Å². The van der Waals surface area contributed by atoms with Gasteiger partial charge >= 0.3 is 5.97 Å². The van der Waals surface area contributed by atoms with E-state index >= 15 is 0 Å². The Morgan fingerprint density at radius 3 is 2.56 bits per heavy atom. The number of aromatic nitrogens is 1. The summed E-state index contributed by atoms with van der Waals surface area (Å²) in [6.45, 7) is 11.7. The zero-order valence-electron chi connectivity index (χ0n) is 15.3. The Kier molecular flexibility index (Phi) is 6.09. The molecule has 2 rings (SSSR count). The minimum absolute atomic E-state index is 0.168. The third-order valence-electron chi connectivity index (χ3n) is 5.03. The van der Waals surface area contributed by atoms with Crippen molar-refractivity contribution in [2.45, 2.75) is 51.7 Å². The lowest BCUT2D eigenvalue weighted by atomic mass is 10.1. The van der Waals surface area contributed by atoms with Crippen molar-refractivity contribution >= 4 is 52.7 Å². The van der Waals surface area contributed by atoms with Gasteiger partial charge in [0.25, 0.3) is 0 Å². The molecular formula is C18H25BrClNO3Si. The summed E-state index contributed by atoms with van der Waals surface area (Å²) < 4.78 is 6.89. The van der Waals surface area contributed by atoms with Crippen molar-refractivity contribution in [1.82, 2.24) is 4.98 Å². The predicted molar refractivity (Wildman–Crippen MR) is 109 cm³/mol. The Hall–Kier alpha value is -0.823. The molecule has 0 radical (unpaired) electrons. The molecule has 1 heterocycles. The third kappa shape index (κ3) is 4.30. The zero-order valence-corrected chi connectivity index (χ0v) is 18.6. The minimum atomic E-state index is -1.78. The lowest BCUT2D eigenvalue weighted by molar-refractivity contribution is 0.0690. The number of benzene rings is 1. The van der Waals surface area contributed by atoms with Crippen LogP contribution in [0.5, 0.6) is 0 Å². The summed E-state index contributed by atoms with van der Waals surface area (Å²) in [4.78, 5) is 14.6. The van der Waals surface area contributed by atoms with Crippen LogP contribution >= 0.6 is 27.5 Å². The van der Waals surface area contributed by atoms with Gasteiger partial charge in [0.05, 0.1) is 15.0 Å². The number of fused-ring (bicyclic) bond motifs is 1. The van der Waals surface area contributed by atoms with Crippen molar-refractivity contribution in [3.63, 3.8) is 0 Å². The normalized spacial score (nSPS) is 12.8. The van der Waals surface area contributed by atoms with Crippen LogP contribution in [0.2, 0.25) is 23.2 Å². The number of rotatable bonds is 6. The van der Waals surface area contributed by atoms with E-state index in [9.17, 15) is 9.90 Å². The van der Waals surface area contributed by atoms with E-state index < -0.39 is 14.3 Å². The molecule has 0 saturated carbocycles. The Morgan fingerprint density at radius 2 is 2.00 bits per heavy atom. The Bertz CT molecular complexity index is 796. The highest BCUT2D eigenvalue weighted by Gasteiger charge is 2.36. The first-order chi connectivity index (χ1) is 11.5. The molecule has 25 heavy (non-hydrogen) atoms. The number of H-pyrrole nitrogens is 1. The van der Waals surface area contributed by atoms with Gasteiger partial charge in [0.1, 0.15) is 5.69 Å². The van der Waals surface area contributed by atoms with Gasteiger partial charge in [0.15, 0.2) is 8.32 Å². The fraction of sp³-hybridized carbons (Fsp3) is 0.500. The molecule has 7 heteroatoms. The second-order valence-electron chi connectivity index (χ2n) is 7.78. The summed E-state index contributed by atoms with van der Waals surface area (Å²) in [6, 6.07) is 3.65. The van der Waals surface area contributed by atoms with Gasteiger partial charge in [-0.15, -0.1) is 0 Å². The van der Waals surface area contributed by atoms with Crippen LogP contribution in [0.3, 0.4) is 0 Å². The van der Waals surface area contributed by atoms with E-state index in [1.165, 1.54) is 0 Å². The molecule has 0 atom stereocenters. The van der Waals surface area contributed by atoms with Gasteiger partial charge in [-0.25, -0.2) is 4.79 Å². The minimum Gasteiger partial charge on any atom is -0.477 e. The van der Waals surface area contributed by atoms with Crippen molar-refractivity contribution in [2.75, 3.05) is 6.61 Å². The number of carboxylic acid groups (broad SMARTS) is 1. The number of carbonyl (C=O) groups is 1. The van der Waals surface area contributed by atoms with Gasteiger partial charge in [-0.05, 0) is 58.5 Å². The average molecular weight is 447 g/mol. The van der Waals surface area contributed by atoms with E-state index in [2.05, 4.69) is 54.8 Å². The van der Waals surface area contributed by atoms with Crippen LogP contribution in [0.1, 0.15) is 43.2 Å². The summed E-state index contributed by atoms with van der Waals surface area (Å²) >= 11 is 9.55. The first-order valence-corrected chi connectivity index (χ1v) is 12.4. The number of nitrogens with one attached hydrogen (secondary N) is 1. The van der Waals surface area contributed by atoms with Gasteiger partial charge in [0, 0.05) is 12.0 Å². The third-order valence-corrected chi connectivity index (χ3v) is 10.9. The van der Waals surface area contributed by atoms with Crippen molar-refractivity contribution in [2.24, 2.45) is 0 Å². The molecule has 0 spiro atoms. The fourth-order valence-corrected chi connectivity index (χ4v) is 4.18. The van der Waals surface area contributed by atoms with Gasteiger partial charge < -0.3 is 14.5 Å². The maximum atomic E-state index is 11.6. The van der Waals surface area contributed by atoms with Gasteiger partial charge in [-0.1, -0.05) is 38.4 Å². The maximum absolute atomic E-state index is 11.6. The lowest BCUT2D eigenvalue weighted by Crippen LogP contribution is -2.41. The molecule has 0 unspecified atom stereocenters. The van der Waals surface area contributed by atoms with E-state index in [1.807, 2.05) is 6.07 Å². The number of aromatic amines is 1. The molecule has 0 fully saturated rings. The monoisotopic (exact) mass is 445 g/mol. The van der Waals surface area contributed by atoms with Crippen LogP contribution < -0.4 is 0 Å². The Balaban J connectivity index is 2.20. The first-order valence-electron chi connectivity index (χ1n) is 8.31. The lowest BCUT2D eigenvalue weighted by Gasteiger charge is -2.36. The second-order valence-corrected chi connectivity index (χ2v) is 13.8. The fourth-order valence-electron chi connectivity index (χ4n) is 2.49. The smallest absolute Gasteiger partial charge is 0.352 e. The second kappa shape index (κ2) is 7.43. The molecule has 138 valence electrons. The molecule has 2 aromatic rings. The van der Waals surface area contributed by atoms with Gasteiger partial charge in [0.2, 0.25) is 0 Å². The SMILES string of the molecule is CC(C)(C)[Si](C)(C)OCCCc1c(C(=O)O)[nH]c2c(Br)c(Cl)ccc12. The molecule has 0 aliphatic rings. The quantitative estimate of drug-likeness (QED) is 0.408. The summed E-state index contributed by atoms with van der Waals surface area (Å²) in [7, 11) is -1.78. The van der Waals surface area contributed by atoms with Crippen LogP contribution in [0.25, 0.3) is 10.9 Å². The molecule has 0 aliphatic carbocycles. The largest absolute Gasteiger partial charge is 0.477 e. The number of aryl methyl sites for hydroxylation is 1. The maximum Gasteiger partial charge on any atom is 0.352 e. The van der Waals surface area contributed by atoms with Crippen LogP contribution in [-0.4, -0.2) is 31.0 Å². The van der Waals surface area contributed by atoms with Crippen molar-refractivity contribution in [3.8, 4) is 0 Å². The van der Waals surface area contributed by atoms with Crippen LogP contribution in [0.15, 0.2) is 16.6 Å². The Morgan fingerprint density at radius 1 is 1.36 bits per heavy atom. The number of carboxylic acids is 1. The standard InChI is InChI=1S/C18H25BrClNO3Si/c1-18(2,3)25(4,5)24-10-6-7-11-12-8-9-13(20)14(19)15(12)21-16(11)17(22)23/h8-9,21H,6-7,10H2,1-5H3,(H,22,23). The number of halogens is 2. The van der Waals surface area contributed by atoms with E-state index in [4.69, 9.17) is 16.0 Å². The average Bonchev–Trinajstić information content (AvgIpc) is 2.86. The highest BCUT2D eigenvalue weighted by atomic mass is 79.9. The van der Waals surface area contributed by atoms with Gasteiger partial charge in [-0.3, -0.25) is 0 Å². The van der Waals surface area contributed by atoms with Crippen LogP contribution in [0, 0.1) is 0 Å². The molecule has 0 saturated heterocycles. The first kappa shape index (κ1) is 20.5. The molecule has 0 aliphatic heterocycles. The van der Waals surface area contributed by atoms with Gasteiger partial charge in [-0.2, -0.15) is 0 Å². The zero-order chi connectivity index (χ0) is 19.0. The molecule has 1 aromatic heterocycles. The molecule has 0 amide bonds. The molecule has 4 nitrogen and oxygen atoms in total. The number of hydrogen-bond donors (Lipinski definition) is 2. The number of hydrogen-bond acceptors (Lipinski definition) is 2. The highest BCUT2D eigenvalue weighted by molar-refractivity contribution is 9.10. The summed E-state index contributed by atoms with van der Waals surface area (Å²) in [5.74, 6) is -0.959. The molecular weight excluding hydrogens is 422 g/mol. The van der Waals surface area contributed by atoms with E-state index in [0.717, 1.165) is 22.9 Å². The predicted octanol–water partition coefficient (Wildman–Crippen LogP) is 6.24. The highest BCUT2D eigenvalue weighted by Crippen LogP contribution is 2.37. The Labute approximate surface area is 163 Å². The summed E-state index contributed by atoms with van der Waals surface area (Å²) in [6.07, 6.45) is 1.42. The molecule has 0 bridgehead atoms. The molecule has 1 aromatic carbocycles. The van der Waals surface area contributed by atoms with Crippen LogP contribution in [0.4, 0.5) is 0 Å².